The molecule has 3 saturated carbocycles. The minimum atomic E-state index is -0.0174. The Morgan fingerprint density at radius 1 is 1.10 bits per heavy atom. The van der Waals surface area contributed by atoms with Crippen LogP contribution in [0.25, 0.3) is 0 Å². The minimum Gasteiger partial charge on any atom is -0.411 e. The number of rotatable bonds is 5. The van der Waals surface area contributed by atoms with E-state index in [0.29, 0.717) is 34.7 Å². The van der Waals surface area contributed by atoms with E-state index in [-0.39, 0.29) is 5.41 Å². The van der Waals surface area contributed by atoms with E-state index in [1.807, 2.05) is 6.08 Å². The highest BCUT2D eigenvalue weighted by Gasteiger charge is 2.60. The second-order valence-electron chi connectivity index (χ2n) is 12.1. The van der Waals surface area contributed by atoms with Crippen molar-refractivity contribution in [3.63, 3.8) is 0 Å². The number of Topliss-reactive ketones (excluding diaryl/α,β-unsaturated/α-hetero) is 1. The zero-order chi connectivity index (χ0) is 21.7. The fourth-order valence-electron chi connectivity index (χ4n) is 8.50. The first-order valence-electron chi connectivity index (χ1n) is 12.7. The number of oxime groups is 1. The van der Waals surface area contributed by atoms with Gasteiger partial charge in [0.1, 0.15) is 0 Å². The number of carbonyl (C=O) groups is 1. The molecule has 0 aromatic carbocycles. The molecule has 0 aliphatic heterocycles. The average Bonchev–Trinajstić information content (AvgIpc) is 3.05. The monoisotopic (exact) mass is 413 g/mol. The van der Waals surface area contributed by atoms with Crippen LogP contribution in [0.5, 0.6) is 0 Å². The second kappa shape index (κ2) is 8.10. The van der Waals surface area contributed by atoms with Gasteiger partial charge in [-0.25, -0.2) is 0 Å². The van der Waals surface area contributed by atoms with Crippen molar-refractivity contribution in [3.8, 4) is 0 Å². The summed E-state index contributed by atoms with van der Waals surface area (Å²) in [6, 6.07) is 0. The van der Waals surface area contributed by atoms with Gasteiger partial charge in [0.25, 0.3) is 0 Å². The molecule has 0 radical (unpaired) electrons. The van der Waals surface area contributed by atoms with Crippen LogP contribution in [0.2, 0.25) is 0 Å². The van der Waals surface area contributed by atoms with Crippen LogP contribution in [0.15, 0.2) is 16.8 Å². The van der Waals surface area contributed by atoms with Gasteiger partial charge in [0.05, 0.1) is 5.71 Å². The number of carbonyl (C=O) groups excluding carboxylic acids is 1. The van der Waals surface area contributed by atoms with Crippen LogP contribution in [0, 0.1) is 46.3 Å². The van der Waals surface area contributed by atoms with E-state index < -0.39 is 0 Å². The van der Waals surface area contributed by atoms with Crippen LogP contribution in [-0.2, 0) is 4.79 Å². The summed E-state index contributed by atoms with van der Waals surface area (Å²) in [7, 11) is 0. The Balaban J connectivity index is 1.54. The molecule has 0 spiro atoms. The normalized spacial score (nSPS) is 43.2. The van der Waals surface area contributed by atoms with Crippen molar-refractivity contribution in [3.05, 3.63) is 11.6 Å². The third kappa shape index (κ3) is 3.48. The first-order chi connectivity index (χ1) is 14.2. The third-order valence-corrected chi connectivity index (χ3v) is 10.1. The molecule has 168 valence electrons. The quantitative estimate of drug-likeness (QED) is 0.388. The number of hydrogen-bond acceptors (Lipinski definition) is 3. The van der Waals surface area contributed by atoms with Crippen LogP contribution in [0.4, 0.5) is 0 Å². The van der Waals surface area contributed by atoms with Gasteiger partial charge in [0, 0.05) is 12.0 Å². The van der Waals surface area contributed by atoms with Crippen LogP contribution in [0.1, 0.15) is 98.8 Å². The van der Waals surface area contributed by atoms with Gasteiger partial charge < -0.3 is 5.21 Å². The highest BCUT2D eigenvalue weighted by molar-refractivity contribution is 6.07. The molecule has 1 N–H and O–H groups in total. The lowest BCUT2D eigenvalue weighted by atomic mass is 9.46. The molecule has 0 aromatic heterocycles. The van der Waals surface area contributed by atoms with Crippen molar-refractivity contribution in [1.82, 2.24) is 0 Å². The largest absolute Gasteiger partial charge is 0.411 e. The van der Waals surface area contributed by atoms with Crippen LogP contribution in [0.3, 0.4) is 0 Å². The zero-order valence-electron chi connectivity index (χ0n) is 19.9. The molecule has 3 fully saturated rings. The molecular weight excluding hydrogens is 370 g/mol. The molecule has 0 aromatic rings. The molecule has 0 amide bonds. The van der Waals surface area contributed by atoms with Crippen molar-refractivity contribution in [2.75, 3.05) is 0 Å². The summed E-state index contributed by atoms with van der Waals surface area (Å²) in [6.07, 6.45) is 13.8. The predicted octanol–water partition coefficient (Wildman–Crippen LogP) is 7.04. The zero-order valence-corrected chi connectivity index (χ0v) is 19.9. The highest BCUT2D eigenvalue weighted by Crippen LogP contribution is 2.67. The molecule has 4 aliphatic carbocycles. The van der Waals surface area contributed by atoms with Crippen LogP contribution < -0.4 is 0 Å². The Bertz CT molecular complexity index is 737. The predicted molar refractivity (Wildman–Crippen MR) is 123 cm³/mol. The SMILES string of the molecule is CC(C)CCC[C@H](C)[C@H]1CC[C@H]2[C@@H]3CC(=O)C4=C/C(=N/O)CC[C@]4(C)[C@H]3CC[C@]12C. The van der Waals surface area contributed by atoms with Gasteiger partial charge in [-0.1, -0.05) is 59.0 Å². The first kappa shape index (κ1) is 22.1. The molecule has 30 heavy (non-hydrogen) atoms. The summed E-state index contributed by atoms with van der Waals surface area (Å²) in [5, 5.41) is 12.7. The Morgan fingerprint density at radius 3 is 2.57 bits per heavy atom. The van der Waals surface area contributed by atoms with Gasteiger partial charge in [0.2, 0.25) is 0 Å². The summed E-state index contributed by atoms with van der Waals surface area (Å²) in [5.41, 5.74) is 2.05. The maximum Gasteiger partial charge on any atom is 0.159 e. The van der Waals surface area contributed by atoms with Gasteiger partial charge in [-0.2, -0.15) is 0 Å². The van der Waals surface area contributed by atoms with E-state index in [1.165, 1.54) is 44.9 Å². The van der Waals surface area contributed by atoms with Gasteiger partial charge in [-0.3, -0.25) is 4.79 Å². The number of allylic oxidation sites excluding steroid dienone is 2. The van der Waals surface area contributed by atoms with E-state index >= 15 is 0 Å². The molecule has 7 atom stereocenters. The summed E-state index contributed by atoms with van der Waals surface area (Å²) >= 11 is 0. The van der Waals surface area contributed by atoms with E-state index in [9.17, 15) is 10.0 Å². The van der Waals surface area contributed by atoms with Crippen molar-refractivity contribution in [1.29, 1.82) is 0 Å². The minimum absolute atomic E-state index is 0.0174. The van der Waals surface area contributed by atoms with Crippen molar-refractivity contribution in [2.45, 2.75) is 98.8 Å². The van der Waals surface area contributed by atoms with E-state index in [4.69, 9.17) is 0 Å². The molecule has 0 unspecified atom stereocenters. The topological polar surface area (TPSA) is 49.7 Å². The van der Waals surface area contributed by atoms with Crippen molar-refractivity contribution >= 4 is 11.5 Å². The Kier molecular flexibility index (Phi) is 5.96. The maximum atomic E-state index is 13.3. The summed E-state index contributed by atoms with van der Waals surface area (Å²) in [4.78, 5) is 13.3. The number of hydrogen-bond donors (Lipinski definition) is 1. The lowest BCUT2D eigenvalue weighted by molar-refractivity contribution is -0.128. The smallest absolute Gasteiger partial charge is 0.159 e. The molecule has 3 nitrogen and oxygen atoms in total. The van der Waals surface area contributed by atoms with E-state index in [0.717, 1.165) is 42.6 Å². The lowest BCUT2D eigenvalue weighted by Crippen LogP contribution is -2.53. The number of fused-ring (bicyclic) bond motifs is 5. The molecule has 0 heterocycles. The molecule has 4 aliphatic rings. The van der Waals surface area contributed by atoms with Gasteiger partial charge in [-0.05, 0) is 90.9 Å². The summed E-state index contributed by atoms with van der Waals surface area (Å²) < 4.78 is 0. The third-order valence-electron chi connectivity index (χ3n) is 10.1. The van der Waals surface area contributed by atoms with E-state index in [2.05, 4.69) is 39.8 Å². The van der Waals surface area contributed by atoms with Crippen molar-refractivity contribution < 1.29 is 10.0 Å². The Morgan fingerprint density at radius 2 is 1.87 bits per heavy atom. The molecule has 0 bridgehead atoms. The maximum absolute atomic E-state index is 13.3. The fourth-order valence-corrected chi connectivity index (χ4v) is 8.50. The summed E-state index contributed by atoms with van der Waals surface area (Å²) in [5.74, 6) is 4.66. The summed E-state index contributed by atoms with van der Waals surface area (Å²) in [6.45, 7) is 12.1. The molecule has 4 rings (SSSR count). The van der Waals surface area contributed by atoms with Crippen LogP contribution >= 0.6 is 0 Å². The van der Waals surface area contributed by atoms with Crippen LogP contribution in [-0.4, -0.2) is 16.7 Å². The number of nitrogens with zero attached hydrogens (tertiary/aromatic N) is 1. The number of ketones is 1. The molecular formula is C27H43NO2. The Hall–Kier alpha value is -1.12. The van der Waals surface area contributed by atoms with Gasteiger partial charge >= 0.3 is 0 Å². The van der Waals surface area contributed by atoms with Crippen molar-refractivity contribution in [2.24, 2.45) is 51.5 Å². The first-order valence-corrected chi connectivity index (χ1v) is 12.7. The molecule has 3 heteroatoms. The highest BCUT2D eigenvalue weighted by atomic mass is 16.4. The van der Waals surface area contributed by atoms with Gasteiger partial charge in [-0.15, -0.1) is 0 Å². The van der Waals surface area contributed by atoms with Gasteiger partial charge in [0.15, 0.2) is 5.78 Å². The second-order valence-corrected chi connectivity index (χ2v) is 12.1. The lowest BCUT2D eigenvalue weighted by Gasteiger charge is -2.58. The van der Waals surface area contributed by atoms with E-state index in [1.54, 1.807) is 0 Å². The Labute approximate surface area is 183 Å². The molecule has 0 saturated heterocycles. The standard InChI is InChI=1S/C27H43NO2/c1-17(2)7-6-8-18(3)21-9-10-22-20-16-25(29)24-15-19(28-30)11-13-27(24,5)23(20)12-14-26(21,22)4/h15,17-18,20-23,30H,6-14,16H2,1-5H3/b28-19+/t18-,20-,21+,22-,23-,26+,27+/m0/s1. The average molecular weight is 414 g/mol. The fraction of sp³-hybridized carbons (Fsp3) is 0.852.